The number of halogens is 10. The third kappa shape index (κ3) is 5.33. The Bertz CT molecular complexity index is 2660. The molecule has 7 aromatic rings. The molecule has 0 aliphatic carbocycles. The fraction of sp³-hybridized carbons (Fsp3) is 0.143. The average Bonchev–Trinajstić information content (AvgIpc) is 3.16. The van der Waals surface area contributed by atoms with Crippen LogP contribution in [-0.4, -0.2) is 46.5 Å². The Balaban J connectivity index is 1.16. The molecule has 16 heteroatoms. The van der Waals surface area contributed by atoms with Crippen molar-refractivity contribution in [3.05, 3.63) is 141 Å². The van der Waals surface area contributed by atoms with Crippen molar-refractivity contribution in [3.63, 3.8) is 0 Å². The second-order valence-electron chi connectivity index (χ2n) is 14.0. The van der Waals surface area contributed by atoms with E-state index in [4.69, 9.17) is 0 Å². The van der Waals surface area contributed by atoms with Crippen molar-refractivity contribution in [3.8, 4) is 0 Å². The Morgan fingerprint density at radius 1 is 0.379 bits per heavy atom. The second-order valence-corrected chi connectivity index (χ2v) is 14.0. The summed E-state index contributed by atoms with van der Waals surface area (Å²) in [5, 5.41) is -4.28. The summed E-state index contributed by atoms with van der Waals surface area (Å²) in [5.74, 6) is -9.39. The largest absolute Gasteiger partial charge is 0.416 e. The van der Waals surface area contributed by atoms with Crippen LogP contribution in [0.2, 0.25) is 0 Å². The average molecular weight is 807 g/mol. The van der Waals surface area contributed by atoms with Gasteiger partial charge in [0.25, 0.3) is 23.6 Å². The summed E-state index contributed by atoms with van der Waals surface area (Å²) in [6.45, 7) is -0.811. The lowest BCUT2D eigenvalue weighted by molar-refractivity contribution is -0.138. The van der Waals surface area contributed by atoms with Crippen LogP contribution >= 0.6 is 0 Å². The molecular formula is C42H20F10N2O4. The normalized spacial score (nSPS) is 14.7. The maximum atomic E-state index is 16.5. The van der Waals surface area contributed by atoms with Crippen molar-refractivity contribution >= 4 is 66.7 Å². The zero-order valence-electron chi connectivity index (χ0n) is 29.1. The summed E-state index contributed by atoms with van der Waals surface area (Å²) < 4.78 is 144. The van der Waals surface area contributed by atoms with E-state index in [-0.39, 0.29) is 23.6 Å². The number of alkyl halides is 6. The van der Waals surface area contributed by atoms with Crippen LogP contribution in [0.15, 0.2) is 72.8 Å². The SMILES string of the molecule is O=C1c2cc(F)c3c4c(F)cc5c6c(cc(F)c(c7c(F)cc(c2c37)C(=O)N1CCc1ccc(C(F)(F)F)cc1)c64)C(=O)N(CCc1ccc(C(F)(F)F)cc1)C5=O. The maximum Gasteiger partial charge on any atom is 0.416 e. The van der Waals surface area contributed by atoms with E-state index >= 15 is 17.6 Å². The van der Waals surface area contributed by atoms with E-state index in [1.54, 1.807) is 0 Å². The number of carbonyl (C=O) groups is 4. The Morgan fingerprint density at radius 3 is 0.879 bits per heavy atom. The van der Waals surface area contributed by atoms with E-state index in [0.29, 0.717) is 45.2 Å². The summed E-state index contributed by atoms with van der Waals surface area (Å²) >= 11 is 0. The highest BCUT2D eigenvalue weighted by atomic mass is 19.4. The van der Waals surface area contributed by atoms with Gasteiger partial charge in [-0.15, -0.1) is 0 Å². The molecule has 292 valence electrons. The monoisotopic (exact) mass is 806 g/mol. The van der Waals surface area contributed by atoms with Crippen LogP contribution in [0.4, 0.5) is 43.9 Å². The molecule has 0 radical (unpaired) electrons. The molecule has 0 bridgehead atoms. The van der Waals surface area contributed by atoms with Gasteiger partial charge in [0.2, 0.25) is 0 Å². The van der Waals surface area contributed by atoms with Gasteiger partial charge < -0.3 is 0 Å². The molecule has 0 atom stereocenters. The van der Waals surface area contributed by atoms with E-state index in [9.17, 15) is 45.5 Å². The predicted molar refractivity (Wildman–Crippen MR) is 189 cm³/mol. The van der Waals surface area contributed by atoms with Gasteiger partial charge in [-0.1, -0.05) is 24.3 Å². The molecule has 9 rings (SSSR count). The number of hydrogen-bond acceptors (Lipinski definition) is 4. The number of rotatable bonds is 6. The summed E-state index contributed by atoms with van der Waals surface area (Å²) in [7, 11) is 0. The highest BCUT2D eigenvalue weighted by Crippen LogP contribution is 2.49. The molecule has 4 amide bonds. The molecule has 2 aliphatic heterocycles. The zero-order valence-corrected chi connectivity index (χ0v) is 29.1. The number of fused-ring (bicyclic) bond motifs is 2. The highest BCUT2D eigenvalue weighted by molar-refractivity contribution is 6.41. The molecule has 0 unspecified atom stereocenters. The van der Waals surface area contributed by atoms with Crippen molar-refractivity contribution in [2.75, 3.05) is 13.1 Å². The van der Waals surface area contributed by atoms with Crippen molar-refractivity contribution in [1.82, 2.24) is 9.80 Å². The summed E-state index contributed by atoms with van der Waals surface area (Å²) in [6.07, 6.45) is -9.47. The van der Waals surface area contributed by atoms with Crippen LogP contribution in [-0.2, 0) is 25.2 Å². The minimum Gasteiger partial charge on any atom is -0.274 e. The molecule has 0 N–H and O–H groups in total. The van der Waals surface area contributed by atoms with Crippen LogP contribution in [0.5, 0.6) is 0 Å². The predicted octanol–water partition coefficient (Wildman–Crippen LogP) is 10.0. The summed E-state index contributed by atoms with van der Waals surface area (Å²) in [5.41, 5.74) is -3.05. The van der Waals surface area contributed by atoms with Crippen LogP contribution in [0.25, 0.3) is 43.1 Å². The zero-order chi connectivity index (χ0) is 41.3. The lowest BCUT2D eigenvalue weighted by Gasteiger charge is -2.30. The van der Waals surface area contributed by atoms with Gasteiger partial charge in [0, 0.05) is 56.2 Å². The van der Waals surface area contributed by atoms with Gasteiger partial charge in [-0.05, 0) is 72.5 Å². The van der Waals surface area contributed by atoms with Crippen molar-refractivity contribution in [2.45, 2.75) is 25.2 Å². The third-order valence-electron chi connectivity index (χ3n) is 10.8. The number of imide groups is 2. The first kappa shape index (κ1) is 37.0. The second kappa shape index (κ2) is 12.5. The summed E-state index contributed by atoms with van der Waals surface area (Å²) in [6, 6.07) is 10.7. The van der Waals surface area contributed by atoms with Gasteiger partial charge in [-0.2, -0.15) is 26.3 Å². The van der Waals surface area contributed by atoms with Gasteiger partial charge in [0.15, 0.2) is 0 Å². The van der Waals surface area contributed by atoms with Crippen LogP contribution in [0.3, 0.4) is 0 Å². The first-order valence-electron chi connectivity index (χ1n) is 17.4. The van der Waals surface area contributed by atoms with Crippen molar-refractivity contribution in [1.29, 1.82) is 0 Å². The maximum absolute atomic E-state index is 16.5. The van der Waals surface area contributed by atoms with E-state index < -0.39 is 138 Å². The minimum absolute atomic E-state index is 0.129. The number of amides is 4. The van der Waals surface area contributed by atoms with Gasteiger partial charge in [-0.25, -0.2) is 17.6 Å². The van der Waals surface area contributed by atoms with Crippen molar-refractivity contribution < 1.29 is 63.1 Å². The smallest absolute Gasteiger partial charge is 0.274 e. The number of carbonyl (C=O) groups excluding carboxylic acids is 4. The van der Waals surface area contributed by atoms with E-state index in [2.05, 4.69) is 0 Å². The topological polar surface area (TPSA) is 74.8 Å². The standard InChI is InChI=1S/C42H20F10N2O4/c43-25-13-21-29-22(38(56)53(37(21)55)11-9-17-1-5-19(6-2-17)41(47,48)49)14-26(44)32-34-28(46)16-24-30-23(15-27(45)33(36(30)34)31(25)35(29)32)39(57)54(40(24)58)12-10-18-3-7-20(8-4-18)42(50,51)52/h1-8,13-16H,9-12H2. The Kier molecular flexibility index (Phi) is 7.95. The Morgan fingerprint density at radius 2 is 0.638 bits per heavy atom. The Labute approximate surface area is 318 Å². The first-order chi connectivity index (χ1) is 27.4. The molecule has 0 saturated carbocycles. The molecule has 0 aromatic heterocycles. The molecule has 7 aromatic carbocycles. The van der Waals surface area contributed by atoms with Gasteiger partial charge in [0.1, 0.15) is 23.3 Å². The summed E-state index contributed by atoms with van der Waals surface area (Å²) in [4.78, 5) is 56.6. The van der Waals surface area contributed by atoms with Gasteiger partial charge >= 0.3 is 12.4 Å². The molecular weight excluding hydrogens is 786 g/mol. The molecule has 2 aliphatic rings. The number of hydrogen-bond donors (Lipinski definition) is 0. The van der Waals surface area contributed by atoms with Crippen LogP contribution in [0.1, 0.15) is 63.7 Å². The lowest BCUT2D eigenvalue weighted by atomic mass is 9.81. The van der Waals surface area contributed by atoms with E-state index in [1.165, 1.54) is 0 Å². The molecule has 0 saturated heterocycles. The van der Waals surface area contributed by atoms with Crippen LogP contribution in [0, 0.1) is 23.3 Å². The molecule has 6 nitrogen and oxygen atoms in total. The molecule has 0 spiro atoms. The quantitative estimate of drug-likeness (QED) is 0.0726. The molecule has 58 heavy (non-hydrogen) atoms. The fourth-order valence-electron chi connectivity index (χ4n) is 8.17. The van der Waals surface area contributed by atoms with Gasteiger partial charge in [0.05, 0.1) is 33.4 Å². The minimum atomic E-state index is -4.61. The van der Waals surface area contributed by atoms with E-state index in [0.717, 1.165) is 48.5 Å². The highest BCUT2D eigenvalue weighted by Gasteiger charge is 2.40. The van der Waals surface area contributed by atoms with Gasteiger partial charge in [-0.3, -0.25) is 29.0 Å². The van der Waals surface area contributed by atoms with E-state index in [1.807, 2.05) is 0 Å². The number of nitrogens with zero attached hydrogens (tertiary/aromatic N) is 2. The lowest BCUT2D eigenvalue weighted by Crippen LogP contribution is -2.42. The fourth-order valence-corrected chi connectivity index (χ4v) is 8.17. The third-order valence-corrected chi connectivity index (χ3v) is 10.8. The molecule has 0 fully saturated rings. The first-order valence-corrected chi connectivity index (χ1v) is 17.4. The van der Waals surface area contributed by atoms with Crippen LogP contribution < -0.4 is 0 Å². The molecule has 2 heterocycles. The Hall–Kier alpha value is -6.58. The van der Waals surface area contributed by atoms with Crippen molar-refractivity contribution in [2.24, 2.45) is 0 Å². The number of benzene rings is 7.